The van der Waals surface area contributed by atoms with Crippen LogP contribution in [0.4, 0.5) is 0 Å². The molecule has 1 aromatic carbocycles. The van der Waals surface area contributed by atoms with E-state index < -0.39 is 0 Å². The van der Waals surface area contributed by atoms with E-state index in [-0.39, 0.29) is 11.9 Å². The van der Waals surface area contributed by atoms with Gasteiger partial charge in [-0.1, -0.05) is 17.7 Å². The van der Waals surface area contributed by atoms with Gasteiger partial charge in [0, 0.05) is 22.1 Å². The Morgan fingerprint density at radius 3 is 2.70 bits per heavy atom. The molecule has 3 aromatic rings. The normalized spacial score (nSPS) is 15.7. The van der Waals surface area contributed by atoms with Crippen LogP contribution in [-0.2, 0) is 17.0 Å². The molecular formula is C22H22ClNO3S3. The van der Waals surface area contributed by atoms with E-state index in [0.29, 0.717) is 18.0 Å². The lowest BCUT2D eigenvalue weighted by atomic mass is 9.91. The van der Waals surface area contributed by atoms with Crippen molar-refractivity contribution in [1.29, 1.82) is 0 Å². The molecule has 0 saturated heterocycles. The van der Waals surface area contributed by atoms with E-state index in [9.17, 15) is 4.79 Å². The molecule has 0 radical (unpaired) electrons. The zero-order chi connectivity index (χ0) is 21.1. The zero-order valence-electron chi connectivity index (χ0n) is 16.7. The molecule has 8 heteroatoms. The van der Waals surface area contributed by atoms with Crippen molar-refractivity contribution in [2.24, 2.45) is 0 Å². The Kier molecular flexibility index (Phi) is 6.93. The maximum atomic E-state index is 13.2. The highest BCUT2D eigenvalue weighted by Crippen LogP contribution is 2.42. The molecule has 158 valence electrons. The molecule has 0 bridgehead atoms. The number of rotatable bonds is 7. The monoisotopic (exact) mass is 479 g/mol. The molecule has 2 aromatic heterocycles. The molecule has 1 amide bonds. The van der Waals surface area contributed by atoms with Gasteiger partial charge in [0.15, 0.2) is 11.5 Å². The van der Waals surface area contributed by atoms with Crippen molar-refractivity contribution in [3.05, 3.63) is 67.0 Å². The second-order valence-corrected chi connectivity index (χ2v) is 10.6. The Morgan fingerprint density at radius 2 is 2.03 bits per heavy atom. The Morgan fingerprint density at radius 1 is 1.23 bits per heavy atom. The average molecular weight is 480 g/mol. The molecule has 3 heterocycles. The summed E-state index contributed by atoms with van der Waals surface area (Å²) in [6.45, 7) is 0.690. The van der Waals surface area contributed by atoms with Crippen molar-refractivity contribution in [2.75, 3.05) is 26.5 Å². The first-order valence-corrected chi connectivity index (χ1v) is 12.7. The summed E-state index contributed by atoms with van der Waals surface area (Å²) in [6.07, 6.45) is 0.800. The topological polar surface area (TPSA) is 38.8 Å². The molecule has 0 N–H and O–H groups in total. The molecular weight excluding hydrogens is 458 g/mol. The van der Waals surface area contributed by atoms with E-state index in [1.165, 1.54) is 10.4 Å². The van der Waals surface area contributed by atoms with Gasteiger partial charge in [-0.2, -0.15) is 0 Å². The largest absolute Gasteiger partial charge is 0.493 e. The van der Waals surface area contributed by atoms with Crippen LogP contribution in [0.2, 0.25) is 4.34 Å². The summed E-state index contributed by atoms with van der Waals surface area (Å²) >= 11 is 10.9. The number of carbonyl (C=O) groups excluding carboxylic acids is 1. The van der Waals surface area contributed by atoms with E-state index >= 15 is 0 Å². The van der Waals surface area contributed by atoms with E-state index in [1.807, 2.05) is 35.2 Å². The van der Waals surface area contributed by atoms with Gasteiger partial charge in [-0.3, -0.25) is 4.79 Å². The maximum Gasteiger partial charge on any atom is 0.233 e. The lowest BCUT2D eigenvalue weighted by Gasteiger charge is -2.37. The van der Waals surface area contributed by atoms with Crippen LogP contribution in [-0.4, -0.2) is 37.3 Å². The summed E-state index contributed by atoms with van der Waals surface area (Å²) < 4.78 is 11.8. The smallest absolute Gasteiger partial charge is 0.233 e. The number of nitrogens with zero attached hydrogens (tertiary/aromatic N) is 1. The fraction of sp³-hybridized carbons (Fsp3) is 0.318. The molecule has 4 rings (SSSR count). The highest BCUT2D eigenvalue weighted by Gasteiger charge is 2.33. The quantitative estimate of drug-likeness (QED) is 0.423. The number of hydrogen-bond acceptors (Lipinski definition) is 6. The van der Waals surface area contributed by atoms with Gasteiger partial charge in [-0.05, 0) is 53.3 Å². The molecule has 1 aliphatic rings. The Bertz CT molecular complexity index is 1020. The summed E-state index contributed by atoms with van der Waals surface area (Å²) in [5.41, 5.74) is 2.32. The molecule has 0 fully saturated rings. The third-order valence-electron chi connectivity index (χ3n) is 5.11. The first-order valence-electron chi connectivity index (χ1n) is 9.50. The van der Waals surface area contributed by atoms with Crippen LogP contribution in [0.1, 0.15) is 26.9 Å². The number of hydrogen-bond donors (Lipinski definition) is 0. The third kappa shape index (κ3) is 4.49. The zero-order valence-corrected chi connectivity index (χ0v) is 19.9. The standard InChI is InChI=1S/C22H22ClNO3S3/c1-26-17-10-14-7-8-24(21(25)13-28-12-15-5-6-20(23)30-15)22(19-4-3-9-29-19)16(14)11-18(17)27-2/h3-6,9-11,22H,7-8,12-13H2,1-2H3. The third-order valence-corrected chi connectivity index (χ3v) is 8.41. The van der Waals surface area contributed by atoms with Crippen molar-refractivity contribution in [3.63, 3.8) is 0 Å². The van der Waals surface area contributed by atoms with Crippen molar-refractivity contribution >= 4 is 51.9 Å². The predicted molar refractivity (Wildman–Crippen MR) is 127 cm³/mol. The van der Waals surface area contributed by atoms with E-state index in [4.69, 9.17) is 21.1 Å². The molecule has 1 atom stereocenters. The fourth-order valence-corrected chi connectivity index (χ4v) is 6.68. The van der Waals surface area contributed by atoms with Crippen LogP contribution in [0.5, 0.6) is 11.5 Å². The molecule has 0 saturated carbocycles. The lowest BCUT2D eigenvalue weighted by Crippen LogP contribution is -2.41. The first-order chi connectivity index (χ1) is 14.6. The van der Waals surface area contributed by atoms with Crippen molar-refractivity contribution in [1.82, 2.24) is 4.90 Å². The number of fused-ring (bicyclic) bond motifs is 1. The van der Waals surface area contributed by atoms with Gasteiger partial charge < -0.3 is 14.4 Å². The summed E-state index contributed by atoms with van der Waals surface area (Å²) in [5.74, 6) is 2.81. The van der Waals surface area contributed by atoms with Gasteiger partial charge in [0.25, 0.3) is 0 Å². The number of benzene rings is 1. The van der Waals surface area contributed by atoms with E-state index in [1.54, 1.807) is 48.7 Å². The van der Waals surface area contributed by atoms with Gasteiger partial charge in [-0.25, -0.2) is 0 Å². The summed E-state index contributed by atoms with van der Waals surface area (Å²) in [5, 5.41) is 2.06. The van der Waals surface area contributed by atoms with Gasteiger partial charge in [0.1, 0.15) is 0 Å². The lowest BCUT2D eigenvalue weighted by molar-refractivity contribution is -0.130. The molecule has 1 aliphatic heterocycles. The summed E-state index contributed by atoms with van der Waals surface area (Å²) in [6, 6.07) is 12.0. The predicted octanol–water partition coefficient (Wildman–Crippen LogP) is 5.89. The van der Waals surface area contributed by atoms with Crippen LogP contribution in [0.15, 0.2) is 41.8 Å². The highest BCUT2D eigenvalue weighted by atomic mass is 35.5. The van der Waals surface area contributed by atoms with Crippen LogP contribution < -0.4 is 9.47 Å². The minimum Gasteiger partial charge on any atom is -0.493 e. The number of carbonyl (C=O) groups is 1. The van der Waals surface area contributed by atoms with Gasteiger partial charge in [0.05, 0.1) is 30.4 Å². The number of thiophene rings is 2. The van der Waals surface area contributed by atoms with Crippen molar-refractivity contribution in [2.45, 2.75) is 18.2 Å². The Balaban J connectivity index is 1.58. The van der Waals surface area contributed by atoms with Gasteiger partial charge >= 0.3 is 0 Å². The molecule has 1 unspecified atom stereocenters. The molecule has 30 heavy (non-hydrogen) atoms. The number of methoxy groups -OCH3 is 2. The SMILES string of the molecule is COc1cc2c(cc1OC)C(c1cccs1)N(C(=O)CSCc1ccc(Cl)s1)CC2. The first kappa shape index (κ1) is 21.6. The van der Waals surface area contributed by atoms with Crippen LogP contribution in [0.25, 0.3) is 0 Å². The maximum absolute atomic E-state index is 13.2. The molecule has 0 spiro atoms. The number of ether oxygens (including phenoxy) is 2. The van der Waals surface area contributed by atoms with Crippen molar-refractivity contribution < 1.29 is 14.3 Å². The number of amides is 1. The Hall–Kier alpha value is -1.67. The second-order valence-electron chi connectivity index (χ2n) is 6.86. The number of halogens is 1. The Labute approximate surface area is 193 Å². The summed E-state index contributed by atoms with van der Waals surface area (Å²) in [4.78, 5) is 17.6. The minimum absolute atomic E-state index is 0.0992. The van der Waals surface area contributed by atoms with E-state index in [2.05, 4.69) is 11.4 Å². The number of thioether (sulfide) groups is 1. The molecule has 0 aliphatic carbocycles. The van der Waals surface area contributed by atoms with Crippen molar-refractivity contribution in [3.8, 4) is 11.5 Å². The highest BCUT2D eigenvalue weighted by molar-refractivity contribution is 7.99. The summed E-state index contributed by atoms with van der Waals surface area (Å²) in [7, 11) is 3.29. The minimum atomic E-state index is -0.0992. The van der Waals surface area contributed by atoms with E-state index in [0.717, 1.165) is 32.7 Å². The fourth-order valence-electron chi connectivity index (χ4n) is 3.72. The second kappa shape index (κ2) is 9.64. The van der Waals surface area contributed by atoms with Gasteiger partial charge in [0.2, 0.25) is 5.91 Å². The van der Waals surface area contributed by atoms with Crippen LogP contribution in [0.3, 0.4) is 0 Å². The van der Waals surface area contributed by atoms with Crippen LogP contribution >= 0.6 is 46.0 Å². The molecule has 4 nitrogen and oxygen atoms in total. The average Bonchev–Trinajstić information content (AvgIpc) is 3.43. The van der Waals surface area contributed by atoms with Gasteiger partial charge in [-0.15, -0.1) is 34.4 Å². The van der Waals surface area contributed by atoms with Crippen LogP contribution in [0, 0.1) is 0 Å².